The van der Waals surface area contributed by atoms with E-state index in [2.05, 4.69) is 5.32 Å². The van der Waals surface area contributed by atoms with E-state index in [4.69, 9.17) is 21.6 Å². The van der Waals surface area contributed by atoms with Gasteiger partial charge in [0, 0.05) is 17.0 Å². The van der Waals surface area contributed by atoms with Gasteiger partial charge in [0.2, 0.25) is 0 Å². The second-order valence-electron chi connectivity index (χ2n) is 4.95. The van der Waals surface area contributed by atoms with Gasteiger partial charge in [-0.05, 0) is 42.5 Å². The number of hydrogen-bond acceptors (Lipinski definition) is 5. The number of halogens is 1. The van der Waals surface area contributed by atoms with Crippen LogP contribution in [-0.4, -0.2) is 18.5 Å². The summed E-state index contributed by atoms with van der Waals surface area (Å²) in [5, 5.41) is 13.6. The molecule has 2 aromatic rings. The minimum absolute atomic E-state index is 0.251. The van der Waals surface area contributed by atoms with Crippen LogP contribution in [0.4, 0.5) is 5.69 Å². The zero-order chi connectivity index (χ0) is 17.4. The van der Waals surface area contributed by atoms with Crippen LogP contribution in [0.1, 0.15) is 23.3 Å². The SMILES string of the molecule is N#Cc1ccc(NC(=O)COC(=O)CCCc2cccs2)cc1Cl. The molecule has 0 aliphatic rings. The van der Waals surface area contributed by atoms with Gasteiger partial charge in [-0.25, -0.2) is 0 Å². The van der Waals surface area contributed by atoms with E-state index in [1.807, 2.05) is 23.6 Å². The van der Waals surface area contributed by atoms with Crippen molar-refractivity contribution >= 4 is 40.5 Å². The summed E-state index contributed by atoms with van der Waals surface area (Å²) in [6, 6.07) is 10.5. The van der Waals surface area contributed by atoms with Crippen LogP contribution in [0.3, 0.4) is 0 Å². The summed E-state index contributed by atoms with van der Waals surface area (Å²) in [6.45, 7) is -0.352. The molecule has 0 fully saturated rings. The number of amides is 1. The minimum atomic E-state index is -0.456. The fraction of sp³-hybridized carbons (Fsp3) is 0.235. The number of hydrogen-bond donors (Lipinski definition) is 1. The highest BCUT2D eigenvalue weighted by atomic mass is 35.5. The molecule has 0 saturated heterocycles. The largest absolute Gasteiger partial charge is 0.456 e. The van der Waals surface area contributed by atoms with Crippen molar-refractivity contribution in [3.8, 4) is 6.07 Å². The number of nitrogens with one attached hydrogen (secondary N) is 1. The van der Waals surface area contributed by atoms with E-state index in [0.29, 0.717) is 17.7 Å². The third kappa shape index (κ3) is 5.69. The van der Waals surface area contributed by atoms with Crippen LogP contribution in [0.15, 0.2) is 35.7 Å². The van der Waals surface area contributed by atoms with Gasteiger partial charge in [0.05, 0.1) is 10.6 Å². The molecule has 0 atom stereocenters. The maximum atomic E-state index is 11.7. The minimum Gasteiger partial charge on any atom is -0.456 e. The summed E-state index contributed by atoms with van der Waals surface area (Å²) >= 11 is 7.53. The van der Waals surface area contributed by atoms with Crippen molar-refractivity contribution in [3.63, 3.8) is 0 Å². The number of esters is 1. The van der Waals surface area contributed by atoms with Gasteiger partial charge in [0.15, 0.2) is 6.61 Å². The lowest BCUT2D eigenvalue weighted by Crippen LogP contribution is -2.20. The fourth-order valence-electron chi connectivity index (χ4n) is 1.96. The molecule has 1 aromatic carbocycles. The van der Waals surface area contributed by atoms with Crippen LogP contribution in [0, 0.1) is 11.3 Å². The molecule has 0 aliphatic carbocycles. The summed E-state index contributed by atoms with van der Waals surface area (Å²) in [6.07, 6.45) is 1.78. The number of carbonyl (C=O) groups excluding carboxylic acids is 2. The van der Waals surface area contributed by atoms with Crippen LogP contribution in [0.25, 0.3) is 0 Å². The third-order valence-electron chi connectivity index (χ3n) is 3.12. The number of anilines is 1. The number of aryl methyl sites for hydroxylation is 1. The molecule has 0 aliphatic heterocycles. The molecule has 1 aromatic heterocycles. The Morgan fingerprint density at radius 1 is 1.33 bits per heavy atom. The number of nitrogens with zero attached hydrogens (tertiary/aromatic N) is 1. The van der Waals surface area contributed by atoms with Gasteiger partial charge < -0.3 is 10.1 Å². The predicted octanol–water partition coefficient (Wildman–Crippen LogP) is 3.78. The van der Waals surface area contributed by atoms with Crippen molar-refractivity contribution in [2.45, 2.75) is 19.3 Å². The summed E-state index contributed by atoms with van der Waals surface area (Å²) in [5.41, 5.74) is 0.768. The number of thiophene rings is 1. The molecule has 0 saturated carbocycles. The van der Waals surface area contributed by atoms with Crippen molar-refractivity contribution in [2.75, 3.05) is 11.9 Å². The Kier molecular flexibility index (Phi) is 6.79. The first kappa shape index (κ1) is 18.0. The van der Waals surface area contributed by atoms with Crippen LogP contribution in [-0.2, 0) is 20.7 Å². The maximum Gasteiger partial charge on any atom is 0.306 e. The highest BCUT2D eigenvalue weighted by Gasteiger charge is 2.09. The molecule has 0 bridgehead atoms. The summed E-state index contributed by atoms with van der Waals surface area (Å²) in [5.74, 6) is -0.859. The van der Waals surface area contributed by atoms with Crippen molar-refractivity contribution in [2.24, 2.45) is 0 Å². The van der Waals surface area contributed by atoms with Gasteiger partial charge >= 0.3 is 5.97 Å². The molecule has 24 heavy (non-hydrogen) atoms. The third-order valence-corrected chi connectivity index (χ3v) is 4.37. The molecule has 0 spiro atoms. The van der Waals surface area contributed by atoms with E-state index >= 15 is 0 Å². The average molecular weight is 363 g/mol. The molecular formula is C17H15ClN2O3S. The van der Waals surface area contributed by atoms with Gasteiger partial charge in [-0.3, -0.25) is 9.59 Å². The first-order valence-corrected chi connectivity index (χ1v) is 8.52. The van der Waals surface area contributed by atoms with Crippen LogP contribution >= 0.6 is 22.9 Å². The Labute approximate surface area is 148 Å². The second-order valence-corrected chi connectivity index (χ2v) is 6.39. The molecule has 124 valence electrons. The lowest BCUT2D eigenvalue weighted by Gasteiger charge is -2.07. The Morgan fingerprint density at radius 3 is 2.83 bits per heavy atom. The molecule has 2 rings (SSSR count). The highest BCUT2D eigenvalue weighted by molar-refractivity contribution is 7.09. The first-order chi connectivity index (χ1) is 11.6. The molecule has 1 heterocycles. The number of rotatable bonds is 7. The van der Waals surface area contributed by atoms with Gasteiger partial charge in [0.1, 0.15) is 6.07 Å². The smallest absolute Gasteiger partial charge is 0.306 e. The normalized spacial score (nSPS) is 10.0. The van der Waals surface area contributed by atoms with Gasteiger partial charge in [-0.2, -0.15) is 5.26 Å². The average Bonchev–Trinajstić information content (AvgIpc) is 3.06. The Hall–Kier alpha value is -2.36. The molecule has 5 nitrogen and oxygen atoms in total. The van der Waals surface area contributed by atoms with Crippen LogP contribution in [0.2, 0.25) is 5.02 Å². The van der Waals surface area contributed by atoms with Gasteiger partial charge in [0.25, 0.3) is 5.91 Å². The quantitative estimate of drug-likeness (QED) is 0.760. The van der Waals surface area contributed by atoms with E-state index in [1.165, 1.54) is 17.0 Å². The van der Waals surface area contributed by atoms with E-state index < -0.39 is 11.9 Å². The number of ether oxygens (including phenoxy) is 1. The molecular weight excluding hydrogens is 348 g/mol. The van der Waals surface area contributed by atoms with E-state index in [0.717, 1.165) is 6.42 Å². The number of nitriles is 1. The second kappa shape index (κ2) is 9.06. The zero-order valence-electron chi connectivity index (χ0n) is 12.8. The maximum absolute atomic E-state index is 11.7. The molecule has 0 unspecified atom stereocenters. The Balaban J connectivity index is 1.69. The molecule has 7 heteroatoms. The monoisotopic (exact) mass is 362 g/mol. The lowest BCUT2D eigenvalue weighted by atomic mass is 10.2. The van der Waals surface area contributed by atoms with Crippen LogP contribution < -0.4 is 5.32 Å². The Bertz CT molecular complexity index is 754. The zero-order valence-corrected chi connectivity index (χ0v) is 14.3. The first-order valence-electron chi connectivity index (χ1n) is 7.26. The predicted molar refractivity (Wildman–Crippen MR) is 93.0 cm³/mol. The lowest BCUT2D eigenvalue weighted by molar-refractivity contribution is -0.147. The van der Waals surface area contributed by atoms with E-state index in [-0.39, 0.29) is 18.1 Å². The van der Waals surface area contributed by atoms with Crippen LogP contribution in [0.5, 0.6) is 0 Å². The highest BCUT2D eigenvalue weighted by Crippen LogP contribution is 2.20. The summed E-state index contributed by atoms with van der Waals surface area (Å²) < 4.78 is 4.94. The van der Waals surface area contributed by atoms with E-state index in [9.17, 15) is 9.59 Å². The van der Waals surface area contributed by atoms with Crippen molar-refractivity contribution in [1.82, 2.24) is 0 Å². The standard InChI is InChI=1S/C17H15ClN2O3S/c18-15-9-13(7-6-12(15)10-19)20-16(21)11-23-17(22)5-1-3-14-4-2-8-24-14/h2,4,6-9H,1,3,5,11H2,(H,20,21). The van der Waals surface area contributed by atoms with E-state index in [1.54, 1.807) is 17.4 Å². The van der Waals surface area contributed by atoms with Gasteiger partial charge in [-0.1, -0.05) is 17.7 Å². The Morgan fingerprint density at radius 2 is 2.17 bits per heavy atom. The molecule has 1 amide bonds. The topological polar surface area (TPSA) is 79.2 Å². The number of benzene rings is 1. The van der Waals surface area contributed by atoms with Crippen molar-refractivity contribution in [3.05, 3.63) is 51.2 Å². The summed E-state index contributed by atoms with van der Waals surface area (Å²) in [7, 11) is 0. The van der Waals surface area contributed by atoms with Crippen molar-refractivity contribution in [1.29, 1.82) is 5.26 Å². The molecule has 0 radical (unpaired) electrons. The fourth-order valence-corrected chi connectivity index (χ4v) is 2.93. The van der Waals surface area contributed by atoms with Gasteiger partial charge in [-0.15, -0.1) is 11.3 Å². The number of carbonyl (C=O) groups is 2. The van der Waals surface area contributed by atoms with Crippen molar-refractivity contribution < 1.29 is 14.3 Å². The summed E-state index contributed by atoms with van der Waals surface area (Å²) in [4.78, 5) is 24.6. The molecule has 1 N–H and O–H groups in total.